The Bertz CT molecular complexity index is 749. The minimum Gasteiger partial charge on any atom is -0.508 e. The number of aliphatic hydroxyl groups excluding tert-OH is 1. The maximum Gasteiger partial charge on any atom is 0.202 e. The molecule has 1 aliphatic rings. The van der Waals surface area contributed by atoms with Gasteiger partial charge in [0.05, 0.1) is 0 Å². The van der Waals surface area contributed by atoms with E-state index in [-0.39, 0.29) is 17.1 Å². The molecule has 2 atom stereocenters. The van der Waals surface area contributed by atoms with Crippen molar-refractivity contribution in [2.24, 2.45) is 0 Å². The van der Waals surface area contributed by atoms with E-state index in [1.807, 2.05) is 24.3 Å². The zero-order valence-electron chi connectivity index (χ0n) is 12.9. The SMILES string of the molecule is CC(C)c1ccc(C2Oc3cc(O)cc(O)c3C(=O)C2O)cc1. The predicted molar refractivity (Wildman–Crippen MR) is 84.0 cm³/mol. The van der Waals surface area contributed by atoms with Crippen LogP contribution < -0.4 is 4.74 Å². The second-order valence-corrected chi connectivity index (χ2v) is 6.01. The van der Waals surface area contributed by atoms with Gasteiger partial charge >= 0.3 is 0 Å². The molecule has 0 radical (unpaired) electrons. The van der Waals surface area contributed by atoms with E-state index in [2.05, 4.69) is 13.8 Å². The minimum atomic E-state index is -1.41. The Balaban J connectivity index is 2.00. The van der Waals surface area contributed by atoms with Crippen LogP contribution >= 0.6 is 0 Å². The van der Waals surface area contributed by atoms with Gasteiger partial charge in [0.25, 0.3) is 0 Å². The molecule has 0 saturated heterocycles. The largest absolute Gasteiger partial charge is 0.508 e. The molecule has 120 valence electrons. The van der Waals surface area contributed by atoms with Crippen LogP contribution in [0.25, 0.3) is 0 Å². The number of hydrogen-bond acceptors (Lipinski definition) is 5. The molecule has 0 fully saturated rings. The lowest BCUT2D eigenvalue weighted by molar-refractivity contribution is 0.0211. The van der Waals surface area contributed by atoms with Gasteiger partial charge in [-0.05, 0) is 17.0 Å². The molecule has 3 rings (SSSR count). The quantitative estimate of drug-likeness (QED) is 0.793. The van der Waals surface area contributed by atoms with Gasteiger partial charge in [-0.15, -0.1) is 0 Å². The molecule has 5 nitrogen and oxygen atoms in total. The molecule has 0 amide bonds. The molecule has 2 unspecified atom stereocenters. The standard InChI is InChI=1S/C18H18O5/c1-9(2)10-3-5-11(6-4-10)18-17(22)16(21)15-13(20)7-12(19)8-14(15)23-18/h3-9,17-20,22H,1-2H3. The molecule has 23 heavy (non-hydrogen) atoms. The Morgan fingerprint density at radius 1 is 1.09 bits per heavy atom. The summed E-state index contributed by atoms with van der Waals surface area (Å²) in [6.07, 6.45) is -2.29. The van der Waals surface area contributed by atoms with Crippen molar-refractivity contribution in [3.63, 3.8) is 0 Å². The zero-order valence-corrected chi connectivity index (χ0v) is 12.9. The van der Waals surface area contributed by atoms with Gasteiger partial charge in [-0.2, -0.15) is 0 Å². The number of Topliss-reactive ketones (excluding diaryl/α,β-unsaturated/α-hetero) is 1. The number of ketones is 1. The van der Waals surface area contributed by atoms with Crippen LogP contribution in [0.5, 0.6) is 17.2 Å². The number of fused-ring (bicyclic) bond motifs is 1. The number of aliphatic hydroxyl groups is 1. The van der Waals surface area contributed by atoms with Gasteiger partial charge in [-0.25, -0.2) is 0 Å². The van der Waals surface area contributed by atoms with Crippen molar-refractivity contribution >= 4 is 5.78 Å². The van der Waals surface area contributed by atoms with Crippen molar-refractivity contribution in [2.75, 3.05) is 0 Å². The van der Waals surface area contributed by atoms with E-state index in [1.165, 1.54) is 6.07 Å². The third kappa shape index (κ3) is 2.64. The molecule has 0 aliphatic carbocycles. The third-order valence-corrected chi connectivity index (χ3v) is 4.05. The first-order valence-electron chi connectivity index (χ1n) is 7.43. The topological polar surface area (TPSA) is 87.0 Å². The number of ether oxygens (including phenoxy) is 1. The summed E-state index contributed by atoms with van der Waals surface area (Å²) in [6.45, 7) is 4.15. The third-order valence-electron chi connectivity index (χ3n) is 4.05. The number of rotatable bonds is 2. The summed E-state index contributed by atoms with van der Waals surface area (Å²) in [6, 6.07) is 9.78. The Labute approximate surface area is 133 Å². The molecule has 2 aromatic carbocycles. The molecule has 0 saturated carbocycles. The molecular weight excluding hydrogens is 296 g/mol. The van der Waals surface area contributed by atoms with Crippen LogP contribution in [-0.2, 0) is 0 Å². The summed E-state index contributed by atoms with van der Waals surface area (Å²) in [7, 11) is 0. The second kappa shape index (κ2) is 5.59. The van der Waals surface area contributed by atoms with Crippen LogP contribution in [0.3, 0.4) is 0 Å². The van der Waals surface area contributed by atoms with Crippen LogP contribution in [0.15, 0.2) is 36.4 Å². The molecule has 5 heteroatoms. The molecular formula is C18H18O5. The molecule has 3 N–H and O–H groups in total. The first-order valence-corrected chi connectivity index (χ1v) is 7.43. The van der Waals surface area contributed by atoms with E-state index in [4.69, 9.17) is 4.74 Å². The maximum atomic E-state index is 12.3. The van der Waals surface area contributed by atoms with Crippen molar-refractivity contribution in [2.45, 2.75) is 32.0 Å². The highest BCUT2D eigenvalue weighted by atomic mass is 16.5. The number of phenolic OH excluding ortho intramolecular Hbond substituents is 2. The molecule has 1 aliphatic heterocycles. The lowest BCUT2D eigenvalue weighted by Gasteiger charge is -2.30. The summed E-state index contributed by atoms with van der Waals surface area (Å²) in [4.78, 5) is 12.3. The zero-order chi connectivity index (χ0) is 16.7. The van der Waals surface area contributed by atoms with Gasteiger partial charge in [0.1, 0.15) is 22.8 Å². The van der Waals surface area contributed by atoms with Crippen molar-refractivity contribution < 1.29 is 24.9 Å². The summed E-state index contributed by atoms with van der Waals surface area (Å²) in [5.74, 6) is -0.799. The van der Waals surface area contributed by atoms with Gasteiger partial charge in [0.2, 0.25) is 5.78 Å². The molecule has 0 bridgehead atoms. The van der Waals surface area contributed by atoms with E-state index in [1.54, 1.807) is 0 Å². The fourth-order valence-electron chi connectivity index (χ4n) is 2.73. The van der Waals surface area contributed by atoms with Crippen LogP contribution in [-0.4, -0.2) is 27.2 Å². The van der Waals surface area contributed by atoms with Crippen LogP contribution in [0, 0.1) is 0 Å². The number of phenols is 2. The fourth-order valence-corrected chi connectivity index (χ4v) is 2.73. The smallest absolute Gasteiger partial charge is 0.202 e. The maximum absolute atomic E-state index is 12.3. The highest BCUT2D eigenvalue weighted by Gasteiger charge is 2.39. The van der Waals surface area contributed by atoms with E-state index in [0.717, 1.165) is 11.6 Å². The number of aromatic hydroxyl groups is 2. The summed E-state index contributed by atoms with van der Waals surface area (Å²) in [5.41, 5.74) is 1.69. The Morgan fingerprint density at radius 2 is 1.74 bits per heavy atom. The normalized spacial score (nSPS) is 20.3. The molecule has 0 aromatic heterocycles. The van der Waals surface area contributed by atoms with Crippen molar-refractivity contribution in [1.82, 2.24) is 0 Å². The van der Waals surface area contributed by atoms with Crippen molar-refractivity contribution in [1.29, 1.82) is 0 Å². The van der Waals surface area contributed by atoms with E-state index >= 15 is 0 Å². The number of carbonyl (C=O) groups is 1. The Hall–Kier alpha value is -2.53. The van der Waals surface area contributed by atoms with Crippen LogP contribution in [0.4, 0.5) is 0 Å². The van der Waals surface area contributed by atoms with Gasteiger partial charge in [0.15, 0.2) is 12.2 Å². The van der Waals surface area contributed by atoms with Crippen LogP contribution in [0.2, 0.25) is 0 Å². The number of benzene rings is 2. The second-order valence-electron chi connectivity index (χ2n) is 6.01. The van der Waals surface area contributed by atoms with Crippen molar-refractivity contribution in [3.8, 4) is 17.2 Å². The lowest BCUT2D eigenvalue weighted by Crippen LogP contribution is -2.36. The van der Waals surface area contributed by atoms with E-state index in [9.17, 15) is 20.1 Å². The monoisotopic (exact) mass is 314 g/mol. The highest BCUT2D eigenvalue weighted by molar-refractivity contribution is 6.05. The summed E-state index contributed by atoms with van der Waals surface area (Å²) in [5, 5.41) is 29.6. The Kier molecular flexibility index (Phi) is 3.74. The van der Waals surface area contributed by atoms with Gasteiger partial charge in [-0.3, -0.25) is 4.79 Å². The average molecular weight is 314 g/mol. The van der Waals surface area contributed by atoms with Crippen molar-refractivity contribution in [3.05, 3.63) is 53.1 Å². The first-order chi connectivity index (χ1) is 10.9. The minimum absolute atomic E-state index is 0.0655. The molecule has 0 spiro atoms. The van der Waals surface area contributed by atoms with Gasteiger partial charge < -0.3 is 20.1 Å². The lowest BCUT2D eigenvalue weighted by atomic mass is 9.91. The predicted octanol–water partition coefficient (Wildman–Crippen LogP) is 2.90. The van der Waals surface area contributed by atoms with Crippen LogP contribution in [0.1, 0.15) is 47.4 Å². The Morgan fingerprint density at radius 3 is 2.35 bits per heavy atom. The first kappa shape index (κ1) is 15.4. The van der Waals surface area contributed by atoms with Gasteiger partial charge in [0, 0.05) is 12.1 Å². The summed E-state index contributed by atoms with van der Waals surface area (Å²) >= 11 is 0. The van der Waals surface area contributed by atoms with E-state index in [0.29, 0.717) is 11.5 Å². The van der Waals surface area contributed by atoms with E-state index < -0.39 is 23.7 Å². The summed E-state index contributed by atoms with van der Waals surface area (Å²) < 4.78 is 5.67. The number of hydrogen-bond donors (Lipinski definition) is 3. The van der Waals surface area contributed by atoms with Gasteiger partial charge in [-0.1, -0.05) is 38.1 Å². The molecule has 2 aromatic rings. The highest BCUT2D eigenvalue weighted by Crippen LogP contribution is 2.41. The fraction of sp³-hybridized carbons (Fsp3) is 0.278. The average Bonchev–Trinajstić information content (AvgIpc) is 2.50. The molecule has 1 heterocycles. The number of carbonyl (C=O) groups excluding carboxylic acids is 1.